The SMILES string of the molecule is CCCCCC(C)N(C(=O)C(C)C)c1cccc(OC(F)(F)F)c1. The summed E-state index contributed by atoms with van der Waals surface area (Å²) in [6.45, 7) is 7.58. The van der Waals surface area contributed by atoms with Crippen LogP contribution >= 0.6 is 0 Å². The third-order valence-electron chi connectivity index (χ3n) is 3.73. The van der Waals surface area contributed by atoms with Crippen molar-refractivity contribution >= 4 is 11.6 Å². The summed E-state index contributed by atoms with van der Waals surface area (Å²) in [6.07, 6.45) is -0.849. The van der Waals surface area contributed by atoms with Crippen LogP contribution in [0.2, 0.25) is 0 Å². The van der Waals surface area contributed by atoms with Gasteiger partial charge in [-0.25, -0.2) is 0 Å². The molecule has 1 aromatic carbocycles. The molecule has 136 valence electrons. The van der Waals surface area contributed by atoms with Crippen molar-refractivity contribution in [2.24, 2.45) is 5.92 Å². The first-order valence-corrected chi connectivity index (χ1v) is 8.34. The van der Waals surface area contributed by atoms with E-state index < -0.39 is 6.36 Å². The number of halogens is 3. The van der Waals surface area contributed by atoms with Gasteiger partial charge >= 0.3 is 6.36 Å². The number of ether oxygens (including phenoxy) is 1. The summed E-state index contributed by atoms with van der Waals surface area (Å²) < 4.78 is 41.2. The largest absolute Gasteiger partial charge is 0.573 e. The van der Waals surface area contributed by atoms with E-state index in [1.165, 1.54) is 18.2 Å². The lowest BCUT2D eigenvalue weighted by atomic mass is 10.0. The van der Waals surface area contributed by atoms with Crippen molar-refractivity contribution in [3.8, 4) is 5.75 Å². The fourth-order valence-corrected chi connectivity index (χ4v) is 2.53. The number of amides is 1. The summed E-state index contributed by atoms with van der Waals surface area (Å²) in [5.41, 5.74) is 0.430. The first-order valence-electron chi connectivity index (χ1n) is 8.34. The Labute approximate surface area is 141 Å². The van der Waals surface area contributed by atoms with Gasteiger partial charge in [-0.2, -0.15) is 0 Å². The molecule has 0 fully saturated rings. The molecule has 0 N–H and O–H groups in total. The monoisotopic (exact) mass is 345 g/mol. The molecule has 3 nitrogen and oxygen atoms in total. The Hall–Kier alpha value is -1.72. The standard InChI is InChI=1S/C18H26F3NO2/c1-5-6-7-9-14(4)22(17(23)13(2)3)15-10-8-11-16(12-15)24-18(19,20)21/h8,10-14H,5-7,9H2,1-4H3. The first kappa shape index (κ1) is 20.3. The molecule has 1 aromatic rings. The van der Waals surface area contributed by atoms with Gasteiger partial charge in [-0.3, -0.25) is 4.79 Å². The molecule has 1 atom stereocenters. The minimum absolute atomic E-state index is 0.0902. The Morgan fingerprint density at radius 2 is 1.88 bits per heavy atom. The van der Waals surface area contributed by atoms with Gasteiger partial charge < -0.3 is 9.64 Å². The van der Waals surface area contributed by atoms with Gasteiger partial charge in [-0.15, -0.1) is 13.2 Å². The van der Waals surface area contributed by atoms with E-state index in [1.807, 2.05) is 6.92 Å². The highest BCUT2D eigenvalue weighted by molar-refractivity contribution is 5.95. The molecule has 0 saturated carbocycles. The number of unbranched alkanes of at least 4 members (excludes halogenated alkanes) is 2. The lowest BCUT2D eigenvalue weighted by molar-refractivity contribution is -0.274. The summed E-state index contributed by atoms with van der Waals surface area (Å²) in [4.78, 5) is 14.2. The average molecular weight is 345 g/mol. The van der Waals surface area contributed by atoms with Crippen molar-refractivity contribution in [1.29, 1.82) is 0 Å². The summed E-state index contributed by atoms with van der Waals surface area (Å²) in [5, 5.41) is 0. The third kappa shape index (κ3) is 6.42. The zero-order valence-electron chi connectivity index (χ0n) is 14.7. The maximum Gasteiger partial charge on any atom is 0.573 e. The van der Waals surface area contributed by atoms with E-state index in [4.69, 9.17) is 0 Å². The fourth-order valence-electron chi connectivity index (χ4n) is 2.53. The number of hydrogen-bond donors (Lipinski definition) is 0. The van der Waals surface area contributed by atoms with Crippen molar-refractivity contribution in [3.05, 3.63) is 24.3 Å². The molecule has 0 aliphatic carbocycles. The smallest absolute Gasteiger partial charge is 0.406 e. The van der Waals surface area contributed by atoms with Gasteiger partial charge in [0, 0.05) is 23.7 Å². The van der Waals surface area contributed by atoms with Crippen LogP contribution in [-0.4, -0.2) is 18.3 Å². The highest BCUT2D eigenvalue weighted by Crippen LogP contribution is 2.29. The van der Waals surface area contributed by atoms with E-state index in [9.17, 15) is 18.0 Å². The number of carbonyl (C=O) groups excluding carboxylic acids is 1. The number of hydrogen-bond acceptors (Lipinski definition) is 2. The second kappa shape index (κ2) is 8.94. The Kier molecular flexibility index (Phi) is 7.58. The van der Waals surface area contributed by atoms with Crippen LogP contribution in [0.4, 0.5) is 18.9 Å². The summed E-state index contributed by atoms with van der Waals surface area (Å²) in [5.74, 6) is -0.670. The molecule has 1 unspecified atom stereocenters. The van der Waals surface area contributed by atoms with Crippen LogP contribution in [0.5, 0.6) is 5.75 Å². The lowest BCUT2D eigenvalue weighted by Gasteiger charge is -2.31. The van der Waals surface area contributed by atoms with Gasteiger partial charge in [0.05, 0.1) is 0 Å². The highest BCUT2D eigenvalue weighted by atomic mass is 19.4. The quantitative estimate of drug-likeness (QED) is 0.579. The molecule has 0 aliphatic heterocycles. The lowest BCUT2D eigenvalue weighted by Crippen LogP contribution is -2.41. The van der Waals surface area contributed by atoms with Crippen LogP contribution in [0.3, 0.4) is 0 Å². The van der Waals surface area contributed by atoms with Gasteiger partial charge in [-0.05, 0) is 25.5 Å². The van der Waals surface area contributed by atoms with E-state index in [0.29, 0.717) is 5.69 Å². The molecule has 0 saturated heterocycles. The van der Waals surface area contributed by atoms with Gasteiger partial charge in [0.15, 0.2) is 0 Å². The van der Waals surface area contributed by atoms with Crippen molar-refractivity contribution in [2.75, 3.05) is 4.90 Å². The summed E-state index contributed by atoms with van der Waals surface area (Å²) >= 11 is 0. The number of carbonyl (C=O) groups is 1. The molecule has 0 aromatic heterocycles. The molecule has 0 aliphatic rings. The van der Waals surface area contributed by atoms with E-state index >= 15 is 0 Å². The van der Waals surface area contributed by atoms with Gasteiger partial charge in [0.2, 0.25) is 5.91 Å². The van der Waals surface area contributed by atoms with Gasteiger partial charge in [-0.1, -0.05) is 46.1 Å². The topological polar surface area (TPSA) is 29.5 Å². The first-order chi connectivity index (χ1) is 11.2. The average Bonchev–Trinajstić information content (AvgIpc) is 2.46. The second-order valence-corrected chi connectivity index (χ2v) is 6.25. The molecule has 1 amide bonds. The van der Waals surface area contributed by atoms with Crippen molar-refractivity contribution in [3.63, 3.8) is 0 Å². The summed E-state index contributed by atoms with van der Waals surface area (Å²) in [6, 6.07) is 5.52. The maximum absolute atomic E-state index is 12.6. The molecule has 1 rings (SSSR count). The molecule has 0 radical (unpaired) electrons. The van der Waals surface area contributed by atoms with Crippen molar-refractivity contribution < 1.29 is 22.7 Å². The van der Waals surface area contributed by atoms with Gasteiger partial charge in [0.1, 0.15) is 5.75 Å². The van der Waals surface area contributed by atoms with Crippen molar-refractivity contribution in [2.45, 2.75) is 65.8 Å². The molecule has 24 heavy (non-hydrogen) atoms. The van der Waals surface area contributed by atoms with E-state index in [0.717, 1.165) is 25.7 Å². The predicted octanol–water partition coefficient (Wildman–Crippen LogP) is 5.54. The highest BCUT2D eigenvalue weighted by Gasteiger charge is 2.32. The third-order valence-corrected chi connectivity index (χ3v) is 3.73. The van der Waals surface area contributed by atoms with Crippen molar-refractivity contribution in [1.82, 2.24) is 0 Å². The molecular weight excluding hydrogens is 319 g/mol. The van der Waals surface area contributed by atoms with Crippen LogP contribution in [0.25, 0.3) is 0 Å². The number of alkyl halides is 3. The van der Waals surface area contributed by atoms with Gasteiger partial charge in [0.25, 0.3) is 0 Å². The zero-order chi connectivity index (χ0) is 18.3. The Bertz CT molecular complexity index is 529. The van der Waals surface area contributed by atoms with Crippen LogP contribution in [0.1, 0.15) is 53.4 Å². The maximum atomic E-state index is 12.6. The molecular formula is C18H26F3NO2. The van der Waals surface area contributed by atoms with Crippen LogP contribution in [0.15, 0.2) is 24.3 Å². The number of benzene rings is 1. The van der Waals surface area contributed by atoms with Crippen LogP contribution < -0.4 is 9.64 Å². The number of anilines is 1. The second-order valence-electron chi connectivity index (χ2n) is 6.25. The molecule has 0 bridgehead atoms. The molecule has 0 spiro atoms. The van der Waals surface area contributed by atoms with Crippen LogP contribution in [0, 0.1) is 5.92 Å². The van der Waals surface area contributed by atoms with E-state index in [-0.39, 0.29) is 23.6 Å². The van der Waals surface area contributed by atoms with Crippen LogP contribution in [-0.2, 0) is 4.79 Å². The zero-order valence-corrected chi connectivity index (χ0v) is 14.7. The Morgan fingerprint density at radius 1 is 1.21 bits per heavy atom. The predicted molar refractivity (Wildman–Crippen MR) is 89.1 cm³/mol. The number of rotatable bonds is 8. The van der Waals surface area contributed by atoms with E-state index in [1.54, 1.807) is 24.8 Å². The molecule has 0 heterocycles. The summed E-state index contributed by atoms with van der Waals surface area (Å²) in [7, 11) is 0. The van der Waals surface area contributed by atoms with E-state index in [2.05, 4.69) is 11.7 Å². The minimum Gasteiger partial charge on any atom is -0.406 e. The Balaban J connectivity index is 3.06. The number of nitrogens with zero attached hydrogens (tertiary/aromatic N) is 1. The minimum atomic E-state index is -4.75. The normalized spacial score (nSPS) is 13.0. The Morgan fingerprint density at radius 3 is 2.42 bits per heavy atom. The fraction of sp³-hybridized carbons (Fsp3) is 0.611. The molecule has 6 heteroatoms.